The lowest BCUT2D eigenvalue weighted by Gasteiger charge is -2.34. The van der Waals surface area contributed by atoms with Gasteiger partial charge in [0, 0.05) is 19.7 Å². The number of hydrogen-bond acceptors (Lipinski definition) is 3. The predicted octanol–water partition coefficient (Wildman–Crippen LogP) is 1.55. The summed E-state index contributed by atoms with van der Waals surface area (Å²) in [6.45, 7) is 7.53. The lowest BCUT2D eigenvalue weighted by Crippen LogP contribution is -2.55. The second-order valence-electron chi connectivity index (χ2n) is 5.44. The first-order valence-corrected chi connectivity index (χ1v) is 7.38. The van der Waals surface area contributed by atoms with E-state index >= 15 is 0 Å². The van der Waals surface area contributed by atoms with Gasteiger partial charge in [-0.1, -0.05) is 6.92 Å². The van der Waals surface area contributed by atoms with Crippen LogP contribution in [0.1, 0.15) is 46.0 Å². The molecule has 2 heterocycles. The predicted molar refractivity (Wildman–Crippen MR) is 71.5 cm³/mol. The second-order valence-corrected chi connectivity index (χ2v) is 5.44. The van der Waals surface area contributed by atoms with Crippen molar-refractivity contribution in [3.63, 3.8) is 0 Å². The van der Waals surface area contributed by atoms with Crippen molar-refractivity contribution < 1.29 is 9.53 Å². The molecule has 4 nitrogen and oxygen atoms in total. The molecule has 0 aromatic rings. The summed E-state index contributed by atoms with van der Waals surface area (Å²) in [7, 11) is 0. The Balaban J connectivity index is 1.99. The fraction of sp³-hybridized carbons (Fsp3) is 0.929. The number of ether oxygens (including phenoxy) is 1. The van der Waals surface area contributed by atoms with Crippen LogP contribution in [-0.4, -0.2) is 48.7 Å². The smallest absolute Gasteiger partial charge is 0.242 e. The van der Waals surface area contributed by atoms with Gasteiger partial charge in [0.1, 0.15) is 0 Å². The number of carbonyl (C=O) groups is 1. The van der Waals surface area contributed by atoms with Crippen molar-refractivity contribution in [1.82, 2.24) is 10.2 Å². The fourth-order valence-corrected chi connectivity index (χ4v) is 3.13. The minimum Gasteiger partial charge on any atom is -0.376 e. The van der Waals surface area contributed by atoms with E-state index in [1.165, 1.54) is 0 Å². The minimum atomic E-state index is -0.297. The Labute approximate surface area is 110 Å². The molecule has 0 saturated carbocycles. The third-order valence-corrected chi connectivity index (χ3v) is 4.37. The zero-order chi connectivity index (χ0) is 13.0. The van der Waals surface area contributed by atoms with Gasteiger partial charge < -0.3 is 15.0 Å². The Kier molecular flexibility index (Phi) is 4.62. The molecule has 1 N–H and O–H groups in total. The van der Waals surface area contributed by atoms with Crippen LogP contribution in [0.4, 0.5) is 0 Å². The number of amides is 1. The van der Waals surface area contributed by atoms with Crippen LogP contribution < -0.4 is 5.32 Å². The average molecular weight is 254 g/mol. The quantitative estimate of drug-likeness (QED) is 0.809. The van der Waals surface area contributed by atoms with E-state index < -0.39 is 0 Å². The SMILES string of the molecule is CCN(CC1CCCO1)C(=O)C1(CC)CCCN1. The standard InChI is InChI=1S/C14H26N2O2/c1-3-14(8-6-9-15-14)13(17)16(4-2)11-12-7-5-10-18-12/h12,15H,3-11H2,1-2H3. The van der Waals surface area contributed by atoms with Crippen LogP contribution in [0.5, 0.6) is 0 Å². The number of nitrogens with zero attached hydrogens (tertiary/aromatic N) is 1. The third kappa shape index (κ3) is 2.69. The molecular weight excluding hydrogens is 228 g/mol. The Bertz CT molecular complexity index is 282. The van der Waals surface area contributed by atoms with Crippen molar-refractivity contribution in [3.05, 3.63) is 0 Å². The van der Waals surface area contributed by atoms with E-state index in [2.05, 4.69) is 19.2 Å². The third-order valence-electron chi connectivity index (χ3n) is 4.37. The van der Waals surface area contributed by atoms with Crippen LogP contribution in [0.15, 0.2) is 0 Å². The van der Waals surface area contributed by atoms with Crippen molar-refractivity contribution in [1.29, 1.82) is 0 Å². The van der Waals surface area contributed by atoms with Gasteiger partial charge in [-0.15, -0.1) is 0 Å². The maximum absolute atomic E-state index is 12.7. The van der Waals surface area contributed by atoms with Crippen LogP contribution in [0.25, 0.3) is 0 Å². The van der Waals surface area contributed by atoms with E-state index in [0.717, 1.165) is 58.3 Å². The highest BCUT2D eigenvalue weighted by Gasteiger charge is 2.41. The molecule has 2 saturated heterocycles. The van der Waals surface area contributed by atoms with E-state index in [1.54, 1.807) is 0 Å². The van der Waals surface area contributed by atoms with Crippen LogP contribution >= 0.6 is 0 Å². The first-order chi connectivity index (χ1) is 8.72. The fourth-order valence-electron chi connectivity index (χ4n) is 3.13. The van der Waals surface area contributed by atoms with E-state index in [9.17, 15) is 4.79 Å². The number of nitrogens with one attached hydrogen (secondary N) is 1. The van der Waals surface area contributed by atoms with E-state index in [1.807, 2.05) is 4.90 Å². The van der Waals surface area contributed by atoms with Gasteiger partial charge in [-0.05, 0) is 45.6 Å². The van der Waals surface area contributed by atoms with E-state index in [-0.39, 0.29) is 17.6 Å². The summed E-state index contributed by atoms with van der Waals surface area (Å²) in [5.74, 6) is 0.278. The molecule has 0 aliphatic carbocycles. The second kappa shape index (κ2) is 6.02. The molecule has 0 aromatic heterocycles. The summed E-state index contributed by atoms with van der Waals surface area (Å²) < 4.78 is 5.65. The highest BCUT2D eigenvalue weighted by atomic mass is 16.5. The molecule has 0 bridgehead atoms. The normalized spacial score (nSPS) is 31.8. The summed E-state index contributed by atoms with van der Waals surface area (Å²) in [5.41, 5.74) is -0.297. The number of rotatable bonds is 5. The average Bonchev–Trinajstić information content (AvgIpc) is 3.06. The van der Waals surface area contributed by atoms with E-state index in [4.69, 9.17) is 4.74 Å². The molecule has 2 aliphatic rings. The van der Waals surface area contributed by atoms with Crippen LogP contribution in [-0.2, 0) is 9.53 Å². The van der Waals surface area contributed by atoms with Gasteiger partial charge in [-0.2, -0.15) is 0 Å². The number of likely N-dealkylation sites (N-methyl/N-ethyl adjacent to an activating group) is 1. The van der Waals surface area contributed by atoms with E-state index in [0.29, 0.717) is 0 Å². The molecule has 2 atom stereocenters. The number of carbonyl (C=O) groups excluding carboxylic acids is 1. The maximum atomic E-state index is 12.7. The monoisotopic (exact) mass is 254 g/mol. The van der Waals surface area contributed by atoms with Crippen molar-refractivity contribution in [3.8, 4) is 0 Å². The van der Waals surface area contributed by atoms with Gasteiger partial charge in [-0.3, -0.25) is 4.79 Å². The molecule has 2 fully saturated rings. The van der Waals surface area contributed by atoms with Gasteiger partial charge >= 0.3 is 0 Å². The minimum absolute atomic E-state index is 0.254. The van der Waals surface area contributed by atoms with Gasteiger partial charge in [0.25, 0.3) is 0 Å². The number of hydrogen-bond donors (Lipinski definition) is 1. The summed E-state index contributed by atoms with van der Waals surface area (Å²) in [6.07, 6.45) is 5.45. The Morgan fingerprint density at radius 1 is 1.44 bits per heavy atom. The van der Waals surface area contributed by atoms with Gasteiger partial charge in [-0.25, -0.2) is 0 Å². The molecule has 2 unspecified atom stereocenters. The van der Waals surface area contributed by atoms with Crippen LogP contribution in [0.3, 0.4) is 0 Å². The first kappa shape index (κ1) is 13.8. The molecule has 4 heteroatoms. The summed E-state index contributed by atoms with van der Waals surface area (Å²) in [6, 6.07) is 0. The Morgan fingerprint density at radius 2 is 2.28 bits per heavy atom. The van der Waals surface area contributed by atoms with Crippen molar-refractivity contribution in [2.45, 2.75) is 57.6 Å². The zero-order valence-corrected chi connectivity index (χ0v) is 11.7. The molecule has 2 aliphatic heterocycles. The molecular formula is C14H26N2O2. The largest absolute Gasteiger partial charge is 0.376 e. The molecule has 1 amide bonds. The Morgan fingerprint density at radius 3 is 2.78 bits per heavy atom. The lowest BCUT2D eigenvalue weighted by molar-refractivity contribution is -0.139. The molecule has 0 spiro atoms. The maximum Gasteiger partial charge on any atom is 0.242 e. The van der Waals surface area contributed by atoms with Crippen molar-refractivity contribution in [2.24, 2.45) is 0 Å². The molecule has 0 radical (unpaired) electrons. The van der Waals surface area contributed by atoms with Gasteiger partial charge in [0.2, 0.25) is 5.91 Å². The van der Waals surface area contributed by atoms with Crippen molar-refractivity contribution >= 4 is 5.91 Å². The molecule has 0 aromatic carbocycles. The van der Waals surface area contributed by atoms with Gasteiger partial charge in [0.15, 0.2) is 0 Å². The molecule has 104 valence electrons. The summed E-state index contributed by atoms with van der Waals surface area (Å²) in [4.78, 5) is 14.7. The van der Waals surface area contributed by atoms with Gasteiger partial charge in [0.05, 0.1) is 11.6 Å². The highest BCUT2D eigenvalue weighted by Crippen LogP contribution is 2.26. The summed E-state index contributed by atoms with van der Waals surface area (Å²) in [5, 5.41) is 3.43. The lowest BCUT2D eigenvalue weighted by atomic mass is 9.92. The van der Waals surface area contributed by atoms with Crippen LogP contribution in [0, 0.1) is 0 Å². The topological polar surface area (TPSA) is 41.6 Å². The zero-order valence-electron chi connectivity index (χ0n) is 11.7. The summed E-state index contributed by atoms with van der Waals surface area (Å²) >= 11 is 0. The first-order valence-electron chi connectivity index (χ1n) is 7.38. The van der Waals surface area contributed by atoms with Crippen LogP contribution in [0.2, 0.25) is 0 Å². The van der Waals surface area contributed by atoms with Crippen molar-refractivity contribution in [2.75, 3.05) is 26.2 Å². The molecule has 18 heavy (non-hydrogen) atoms. The Hall–Kier alpha value is -0.610. The highest BCUT2D eigenvalue weighted by molar-refractivity contribution is 5.86. The molecule has 2 rings (SSSR count).